The maximum Gasteiger partial charge on any atom is 0.251 e. The van der Waals surface area contributed by atoms with E-state index in [0.717, 1.165) is 40.0 Å². The first-order valence-electron chi connectivity index (χ1n) is 10.8. The molecule has 1 atom stereocenters. The zero-order chi connectivity index (χ0) is 20.6. The maximum atomic E-state index is 12.6. The van der Waals surface area contributed by atoms with Gasteiger partial charge in [-0.3, -0.25) is 4.79 Å². The fourth-order valence-corrected chi connectivity index (χ4v) is 6.22. The Morgan fingerprint density at radius 3 is 2.59 bits per heavy atom. The van der Waals surface area contributed by atoms with E-state index in [0.29, 0.717) is 5.56 Å². The molecular weight excluding hydrogens is 378 g/mol. The van der Waals surface area contributed by atoms with Crippen LogP contribution in [0.15, 0.2) is 46.2 Å². The molecule has 29 heavy (non-hydrogen) atoms. The van der Waals surface area contributed by atoms with E-state index in [4.69, 9.17) is 5.73 Å². The van der Waals surface area contributed by atoms with Gasteiger partial charge in [0.25, 0.3) is 5.91 Å². The minimum atomic E-state index is -0.316. The lowest BCUT2D eigenvalue weighted by Crippen LogP contribution is -2.50. The Morgan fingerprint density at radius 1 is 1.17 bits per heavy atom. The van der Waals surface area contributed by atoms with E-state index >= 15 is 0 Å². The minimum Gasteiger partial charge on any atom is -0.366 e. The molecule has 0 spiro atoms. The van der Waals surface area contributed by atoms with Crippen LogP contribution < -0.4 is 10.6 Å². The van der Waals surface area contributed by atoms with Gasteiger partial charge in [0.1, 0.15) is 0 Å². The zero-order valence-electron chi connectivity index (χ0n) is 17.8. The normalized spacial score (nSPS) is 18.2. The molecule has 2 aromatic carbocycles. The summed E-state index contributed by atoms with van der Waals surface area (Å²) in [6.07, 6.45) is 4.47. The van der Waals surface area contributed by atoms with Gasteiger partial charge < -0.3 is 15.1 Å². The Kier molecular flexibility index (Phi) is 5.63. The standard InChI is InChI=1S/C24H31N3OS/c1-4-9-18-12-13-21-23(22(18)24(25)28)26(19-10-5-6-11-20(19)29-21)17(2)16-27(3)14-7-8-15-27/h5-6,10-13,17H,4,7-9,14-16H2,1-3H3,(H-,25,28)/p+1. The number of amides is 1. The van der Waals surface area contributed by atoms with E-state index in [1.807, 2.05) is 0 Å². The molecule has 5 heteroatoms. The monoisotopic (exact) mass is 410 g/mol. The molecular formula is C24H32N3OS+. The van der Waals surface area contributed by atoms with Crippen molar-refractivity contribution in [3.8, 4) is 0 Å². The highest BCUT2D eigenvalue weighted by Gasteiger charge is 2.36. The second-order valence-corrected chi connectivity index (χ2v) is 9.89. The number of carbonyl (C=O) groups excluding carboxylic acids is 1. The van der Waals surface area contributed by atoms with Gasteiger partial charge in [0, 0.05) is 22.6 Å². The van der Waals surface area contributed by atoms with E-state index in [1.165, 1.54) is 36.5 Å². The first-order chi connectivity index (χ1) is 13.9. The van der Waals surface area contributed by atoms with Crippen molar-refractivity contribution in [2.75, 3.05) is 31.6 Å². The number of anilines is 2. The van der Waals surface area contributed by atoms with Crippen molar-refractivity contribution in [1.82, 2.24) is 0 Å². The number of aryl methyl sites for hydroxylation is 1. The second-order valence-electron chi connectivity index (χ2n) is 8.81. The van der Waals surface area contributed by atoms with Crippen LogP contribution in [-0.2, 0) is 6.42 Å². The summed E-state index contributed by atoms with van der Waals surface area (Å²) >= 11 is 1.75. The van der Waals surface area contributed by atoms with Gasteiger partial charge in [-0.05, 0) is 37.1 Å². The summed E-state index contributed by atoms with van der Waals surface area (Å²) < 4.78 is 1.10. The summed E-state index contributed by atoms with van der Waals surface area (Å²) in [5.74, 6) is -0.316. The Hall–Kier alpha value is -1.98. The zero-order valence-corrected chi connectivity index (χ0v) is 18.6. The van der Waals surface area contributed by atoms with Crippen molar-refractivity contribution >= 4 is 29.0 Å². The van der Waals surface area contributed by atoms with Crippen molar-refractivity contribution in [1.29, 1.82) is 0 Å². The molecule has 4 nitrogen and oxygen atoms in total. The maximum absolute atomic E-state index is 12.6. The largest absolute Gasteiger partial charge is 0.366 e. The van der Waals surface area contributed by atoms with Crippen LogP contribution in [0.25, 0.3) is 0 Å². The summed E-state index contributed by atoms with van der Waals surface area (Å²) in [6.45, 7) is 7.98. The Bertz CT molecular complexity index is 920. The molecule has 0 radical (unpaired) electrons. The van der Waals surface area contributed by atoms with Gasteiger partial charge in [-0.15, -0.1) is 0 Å². The predicted molar refractivity (Wildman–Crippen MR) is 121 cm³/mol. The van der Waals surface area contributed by atoms with Crippen molar-refractivity contribution in [2.24, 2.45) is 5.73 Å². The lowest BCUT2D eigenvalue weighted by molar-refractivity contribution is -0.898. The van der Waals surface area contributed by atoms with Gasteiger partial charge in [-0.1, -0.05) is 43.3 Å². The molecule has 2 N–H and O–H groups in total. The van der Waals surface area contributed by atoms with Crippen LogP contribution in [0.3, 0.4) is 0 Å². The summed E-state index contributed by atoms with van der Waals surface area (Å²) in [7, 11) is 2.37. The number of nitrogens with two attached hydrogens (primary N) is 1. The molecule has 154 valence electrons. The van der Waals surface area contributed by atoms with Crippen LogP contribution in [0.4, 0.5) is 11.4 Å². The summed E-state index contributed by atoms with van der Waals surface area (Å²) in [4.78, 5) is 17.4. The molecule has 1 saturated heterocycles. The van der Waals surface area contributed by atoms with E-state index in [-0.39, 0.29) is 11.9 Å². The number of nitrogens with zero attached hydrogens (tertiary/aromatic N) is 2. The molecule has 0 aliphatic carbocycles. The van der Waals surface area contributed by atoms with E-state index in [2.05, 4.69) is 62.2 Å². The van der Waals surface area contributed by atoms with Crippen molar-refractivity contribution in [2.45, 2.75) is 55.4 Å². The number of hydrogen-bond donors (Lipinski definition) is 1. The number of likely N-dealkylation sites (tertiary alicyclic amines) is 1. The van der Waals surface area contributed by atoms with E-state index in [9.17, 15) is 4.79 Å². The van der Waals surface area contributed by atoms with Crippen LogP contribution in [0, 0.1) is 0 Å². The number of benzene rings is 2. The van der Waals surface area contributed by atoms with Crippen LogP contribution in [0.1, 0.15) is 49.0 Å². The van der Waals surface area contributed by atoms with Gasteiger partial charge >= 0.3 is 0 Å². The Morgan fingerprint density at radius 2 is 1.90 bits per heavy atom. The smallest absolute Gasteiger partial charge is 0.251 e. The molecule has 2 aliphatic heterocycles. The average Bonchev–Trinajstić information content (AvgIpc) is 3.11. The Labute approximate surface area is 178 Å². The van der Waals surface area contributed by atoms with E-state index in [1.54, 1.807) is 11.8 Å². The fraction of sp³-hybridized carbons (Fsp3) is 0.458. The van der Waals surface area contributed by atoms with E-state index < -0.39 is 0 Å². The van der Waals surface area contributed by atoms with Gasteiger partial charge in [-0.2, -0.15) is 0 Å². The molecule has 0 saturated carbocycles. The number of fused-ring (bicyclic) bond motifs is 2. The lowest BCUT2D eigenvalue weighted by Gasteiger charge is -2.42. The molecule has 0 aromatic heterocycles. The second kappa shape index (κ2) is 8.04. The predicted octanol–water partition coefficient (Wildman–Crippen LogP) is 4.97. The number of quaternary nitrogens is 1. The quantitative estimate of drug-likeness (QED) is 0.684. The molecule has 1 fully saturated rings. The van der Waals surface area contributed by atoms with Gasteiger partial charge in [-0.25, -0.2) is 0 Å². The molecule has 2 heterocycles. The van der Waals surface area contributed by atoms with Crippen molar-refractivity contribution in [3.05, 3.63) is 47.5 Å². The lowest BCUT2D eigenvalue weighted by atomic mass is 9.98. The first kappa shape index (κ1) is 20.3. The number of hydrogen-bond acceptors (Lipinski definition) is 3. The average molecular weight is 411 g/mol. The van der Waals surface area contributed by atoms with Gasteiger partial charge in [0.05, 0.1) is 49.7 Å². The molecule has 1 amide bonds. The SMILES string of the molecule is CCCc1ccc2c(c1C(N)=O)N(C(C)C[N+]1(C)CCCC1)c1ccccc1S2. The number of para-hydroxylation sites is 1. The molecule has 2 aliphatic rings. The van der Waals surface area contributed by atoms with Crippen molar-refractivity contribution in [3.63, 3.8) is 0 Å². The molecule has 1 unspecified atom stereocenters. The van der Waals surface area contributed by atoms with Crippen LogP contribution in [0.5, 0.6) is 0 Å². The van der Waals surface area contributed by atoms with Crippen LogP contribution in [-0.4, -0.2) is 43.1 Å². The van der Waals surface area contributed by atoms with Crippen LogP contribution >= 0.6 is 11.8 Å². The van der Waals surface area contributed by atoms with Gasteiger partial charge in [0.15, 0.2) is 0 Å². The topological polar surface area (TPSA) is 46.3 Å². The third kappa shape index (κ3) is 3.78. The highest BCUT2D eigenvalue weighted by molar-refractivity contribution is 7.99. The third-order valence-corrected chi connectivity index (χ3v) is 7.48. The molecule has 0 bridgehead atoms. The summed E-state index contributed by atoms with van der Waals surface area (Å²) in [6, 6.07) is 13.1. The molecule has 4 rings (SSSR count). The fourth-order valence-electron chi connectivity index (χ4n) is 5.13. The van der Waals surface area contributed by atoms with Crippen molar-refractivity contribution < 1.29 is 9.28 Å². The summed E-state index contributed by atoms with van der Waals surface area (Å²) in [5, 5.41) is 0. The number of rotatable bonds is 6. The number of primary amides is 1. The van der Waals surface area contributed by atoms with Crippen LogP contribution in [0.2, 0.25) is 0 Å². The third-order valence-electron chi connectivity index (χ3n) is 6.37. The number of likely N-dealkylation sites (N-methyl/N-ethyl adjacent to an activating group) is 1. The molecule has 2 aromatic rings. The van der Waals surface area contributed by atoms with Gasteiger partial charge in [0.2, 0.25) is 0 Å². The first-order valence-corrected chi connectivity index (χ1v) is 11.6. The minimum absolute atomic E-state index is 0.272. The highest BCUT2D eigenvalue weighted by atomic mass is 32.2. The number of carbonyl (C=O) groups is 1. The summed E-state index contributed by atoms with van der Waals surface area (Å²) in [5.41, 5.74) is 9.95. The highest BCUT2D eigenvalue weighted by Crippen LogP contribution is 2.51. The Balaban J connectivity index is 1.85.